The van der Waals surface area contributed by atoms with Crippen molar-refractivity contribution < 1.29 is 0 Å². The maximum Gasteiger partial charge on any atom is 0.0766 e. The first kappa shape index (κ1) is 13.4. The number of rotatable bonds is 4. The quantitative estimate of drug-likeness (QED) is 0.890. The summed E-state index contributed by atoms with van der Waals surface area (Å²) in [7, 11) is 0. The molecule has 0 amide bonds. The zero-order valence-electron chi connectivity index (χ0n) is 11.1. The van der Waals surface area contributed by atoms with E-state index in [4.69, 9.17) is 11.0 Å². The molecule has 4 heteroatoms. The van der Waals surface area contributed by atoms with Crippen LogP contribution in [0.5, 0.6) is 0 Å². The predicted octanol–water partition coefficient (Wildman–Crippen LogP) is 3.74. The Morgan fingerprint density at radius 3 is 2.47 bits per heavy atom. The third kappa shape index (κ3) is 3.07. The first-order valence-electron chi connectivity index (χ1n) is 6.10. The standard InChI is InChI=1S/C15H17N3S/c1-15(2,10-16)11-3-5-12(6-4-11)18-9-14-13(17)7-8-19-14/h3-8,18H,9,17H2,1-2H3. The summed E-state index contributed by atoms with van der Waals surface area (Å²) in [6, 6.07) is 12.2. The molecule has 0 saturated heterocycles. The van der Waals surface area contributed by atoms with Gasteiger partial charge in [0.2, 0.25) is 0 Å². The van der Waals surface area contributed by atoms with E-state index < -0.39 is 5.41 Å². The molecule has 1 heterocycles. The molecular formula is C15H17N3S. The minimum Gasteiger partial charge on any atom is -0.398 e. The van der Waals surface area contributed by atoms with Gasteiger partial charge in [0.25, 0.3) is 0 Å². The molecule has 0 aliphatic heterocycles. The zero-order chi connectivity index (χ0) is 13.9. The molecule has 98 valence electrons. The van der Waals surface area contributed by atoms with Crippen LogP contribution in [0.4, 0.5) is 11.4 Å². The summed E-state index contributed by atoms with van der Waals surface area (Å²) in [5.41, 5.74) is 8.28. The van der Waals surface area contributed by atoms with E-state index in [0.717, 1.165) is 28.4 Å². The van der Waals surface area contributed by atoms with Crippen molar-refractivity contribution in [1.29, 1.82) is 5.26 Å². The maximum absolute atomic E-state index is 9.10. The number of nitriles is 1. The van der Waals surface area contributed by atoms with E-state index in [0.29, 0.717) is 0 Å². The minimum absolute atomic E-state index is 0.448. The van der Waals surface area contributed by atoms with E-state index in [1.165, 1.54) is 0 Å². The molecular weight excluding hydrogens is 254 g/mol. The lowest BCUT2D eigenvalue weighted by molar-refractivity contribution is 0.687. The number of anilines is 2. The Morgan fingerprint density at radius 2 is 1.95 bits per heavy atom. The molecule has 0 spiro atoms. The van der Waals surface area contributed by atoms with Crippen molar-refractivity contribution in [2.45, 2.75) is 25.8 Å². The van der Waals surface area contributed by atoms with Gasteiger partial charge in [0, 0.05) is 16.3 Å². The highest BCUT2D eigenvalue weighted by molar-refractivity contribution is 7.10. The lowest BCUT2D eigenvalue weighted by Gasteiger charge is -2.16. The van der Waals surface area contributed by atoms with Gasteiger partial charge in [-0.2, -0.15) is 5.26 Å². The second-order valence-corrected chi connectivity index (χ2v) is 5.97. The average molecular weight is 271 g/mol. The Hall–Kier alpha value is -1.99. The van der Waals surface area contributed by atoms with Gasteiger partial charge in [0.15, 0.2) is 0 Å². The number of hydrogen-bond acceptors (Lipinski definition) is 4. The van der Waals surface area contributed by atoms with Crippen LogP contribution < -0.4 is 11.1 Å². The van der Waals surface area contributed by atoms with Crippen molar-refractivity contribution in [1.82, 2.24) is 0 Å². The average Bonchev–Trinajstić information content (AvgIpc) is 2.82. The van der Waals surface area contributed by atoms with Gasteiger partial charge >= 0.3 is 0 Å². The van der Waals surface area contributed by atoms with Crippen LogP contribution in [-0.4, -0.2) is 0 Å². The Labute approximate surface area is 117 Å². The van der Waals surface area contributed by atoms with Crippen LogP contribution in [0.2, 0.25) is 0 Å². The molecule has 3 N–H and O–H groups in total. The van der Waals surface area contributed by atoms with Crippen molar-refractivity contribution in [2.75, 3.05) is 11.1 Å². The van der Waals surface area contributed by atoms with E-state index in [-0.39, 0.29) is 0 Å². The van der Waals surface area contributed by atoms with Crippen molar-refractivity contribution in [2.24, 2.45) is 0 Å². The lowest BCUT2D eigenvalue weighted by atomic mass is 9.86. The van der Waals surface area contributed by atoms with Gasteiger partial charge in [0.05, 0.1) is 18.0 Å². The van der Waals surface area contributed by atoms with Gasteiger partial charge in [-0.05, 0) is 43.0 Å². The molecule has 0 radical (unpaired) electrons. The number of benzene rings is 1. The molecule has 0 bridgehead atoms. The Bertz CT molecular complexity index is 591. The number of hydrogen-bond donors (Lipinski definition) is 2. The summed E-state index contributed by atoms with van der Waals surface area (Å²) in [5.74, 6) is 0. The van der Waals surface area contributed by atoms with Crippen LogP contribution in [0.25, 0.3) is 0 Å². The number of nitrogen functional groups attached to an aromatic ring is 1. The number of thiophene rings is 1. The minimum atomic E-state index is -0.448. The monoisotopic (exact) mass is 271 g/mol. The molecule has 1 aromatic heterocycles. The lowest BCUT2D eigenvalue weighted by Crippen LogP contribution is -2.13. The van der Waals surface area contributed by atoms with Crippen LogP contribution in [-0.2, 0) is 12.0 Å². The van der Waals surface area contributed by atoms with Crippen LogP contribution in [0.1, 0.15) is 24.3 Å². The van der Waals surface area contributed by atoms with Crippen LogP contribution in [0, 0.1) is 11.3 Å². The summed E-state index contributed by atoms with van der Waals surface area (Å²) in [6.07, 6.45) is 0. The molecule has 2 rings (SSSR count). The molecule has 0 fully saturated rings. The summed E-state index contributed by atoms with van der Waals surface area (Å²) in [4.78, 5) is 1.14. The number of nitrogens with two attached hydrogens (primary N) is 1. The zero-order valence-corrected chi connectivity index (χ0v) is 11.9. The molecule has 3 nitrogen and oxygen atoms in total. The van der Waals surface area contributed by atoms with Gasteiger partial charge in [-0.1, -0.05) is 12.1 Å². The Balaban J connectivity index is 2.04. The smallest absolute Gasteiger partial charge is 0.0766 e. The van der Waals surface area contributed by atoms with Gasteiger partial charge in [-0.15, -0.1) is 11.3 Å². The second kappa shape index (κ2) is 5.33. The first-order chi connectivity index (χ1) is 9.03. The number of nitrogens with zero attached hydrogens (tertiary/aromatic N) is 1. The van der Waals surface area contributed by atoms with Gasteiger partial charge in [-0.25, -0.2) is 0 Å². The van der Waals surface area contributed by atoms with Crippen LogP contribution in [0.3, 0.4) is 0 Å². The Kier molecular flexibility index (Phi) is 3.77. The summed E-state index contributed by atoms with van der Waals surface area (Å²) in [5, 5.41) is 14.4. The molecule has 2 aromatic rings. The fourth-order valence-corrected chi connectivity index (χ4v) is 2.48. The van der Waals surface area contributed by atoms with E-state index in [1.807, 2.05) is 49.6 Å². The highest BCUT2D eigenvalue weighted by Crippen LogP contribution is 2.24. The predicted molar refractivity (Wildman–Crippen MR) is 81.1 cm³/mol. The summed E-state index contributed by atoms with van der Waals surface area (Å²) >= 11 is 1.65. The van der Waals surface area contributed by atoms with Crippen molar-refractivity contribution in [3.05, 3.63) is 46.2 Å². The fourth-order valence-electron chi connectivity index (χ4n) is 1.75. The van der Waals surface area contributed by atoms with Crippen molar-refractivity contribution >= 4 is 22.7 Å². The first-order valence-corrected chi connectivity index (χ1v) is 6.98. The molecule has 0 atom stereocenters. The molecule has 1 aromatic carbocycles. The molecule has 0 aliphatic rings. The fraction of sp³-hybridized carbons (Fsp3) is 0.267. The van der Waals surface area contributed by atoms with Crippen molar-refractivity contribution in [3.8, 4) is 6.07 Å². The van der Waals surface area contributed by atoms with E-state index in [1.54, 1.807) is 11.3 Å². The van der Waals surface area contributed by atoms with Gasteiger partial charge < -0.3 is 11.1 Å². The molecule has 0 unspecified atom stereocenters. The third-order valence-corrected chi connectivity index (χ3v) is 4.06. The van der Waals surface area contributed by atoms with E-state index in [9.17, 15) is 0 Å². The van der Waals surface area contributed by atoms with E-state index in [2.05, 4.69) is 11.4 Å². The highest BCUT2D eigenvalue weighted by atomic mass is 32.1. The number of nitrogens with one attached hydrogen (secondary N) is 1. The van der Waals surface area contributed by atoms with Crippen molar-refractivity contribution in [3.63, 3.8) is 0 Å². The second-order valence-electron chi connectivity index (χ2n) is 4.97. The maximum atomic E-state index is 9.10. The van der Waals surface area contributed by atoms with Gasteiger partial charge in [0.1, 0.15) is 0 Å². The molecule has 0 aliphatic carbocycles. The normalized spacial score (nSPS) is 11.0. The largest absolute Gasteiger partial charge is 0.398 e. The third-order valence-electron chi connectivity index (χ3n) is 3.12. The summed E-state index contributed by atoms with van der Waals surface area (Å²) < 4.78 is 0. The molecule has 19 heavy (non-hydrogen) atoms. The molecule has 0 saturated carbocycles. The van der Waals surface area contributed by atoms with Crippen LogP contribution in [0.15, 0.2) is 35.7 Å². The Morgan fingerprint density at radius 1 is 1.26 bits per heavy atom. The SMILES string of the molecule is CC(C)(C#N)c1ccc(NCc2sccc2N)cc1. The highest BCUT2D eigenvalue weighted by Gasteiger charge is 2.18. The van der Waals surface area contributed by atoms with Crippen LogP contribution >= 0.6 is 11.3 Å². The van der Waals surface area contributed by atoms with Gasteiger partial charge in [-0.3, -0.25) is 0 Å². The summed E-state index contributed by atoms with van der Waals surface area (Å²) in [6.45, 7) is 4.56. The topological polar surface area (TPSA) is 61.8 Å². The van der Waals surface area contributed by atoms with E-state index >= 15 is 0 Å².